The van der Waals surface area contributed by atoms with E-state index in [-0.39, 0.29) is 0 Å². The van der Waals surface area contributed by atoms with Crippen molar-refractivity contribution >= 4 is 23.1 Å². The van der Waals surface area contributed by atoms with Crippen molar-refractivity contribution in [3.8, 4) is 6.07 Å². The van der Waals surface area contributed by atoms with Gasteiger partial charge in [-0.25, -0.2) is 4.98 Å². The third kappa shape index (κ3) is 3.20. The Morgan fingerprint density at radius 2 is 2.60 bits per heavy atom. The van der Waals surface area contributed by atoms with Crippen LogP contribution in [-0.2, 0) is 0 Å². The number of hydrogen-bond acceptors (Lipinski definition) is 5. The SMILES string of the molecule is CC(C#N)(CSc1nccs1)NC1CC1. The monoisotopic (exact) mass is 239 g/mol. The number of nitrogens with zero attached hydrogens (tertiary/aromatic N) is 2. The van der Waals surface area contributed by atoms with Crippen molar-refractivity contribution in [2.75, 3.05) is 5.75 Å². The van der Waals surface area contributed by atoms with E-state index in [1.54, 1.807) is 29.3 Å². The third-order valence-corrected chi connectivity index (χ3v) is 4.52. The highest BCUT2D eigenvalue weighted by Crippen LogP contribution is 2.27. The van der Waals surface area contributed by atoms with Crippen LogP contribution in [0.25, 0.3) is 0 Å². The highest BCUT2D eigenvalue weighted by Gasteiger charge is 2.32. The van der Waals surface area contributed by atoms with Crippen molar-refractivity contribution in [3.63, 3.8) is 0 Å². The molecule has 80 valence electrons. The quantitative estimate of drug-likeness (QED) is 0.801. The molecule has 0 spiro atoms. The van der Waals surface area contributed by atoms with E-state index in [0.29, 0.717) is 6.04 Å². The fourth-order valence-corrected chi connectivity index (χ4v) is 2.94. The summed E-state index contributed by atoms with van der Waals surface area (Å²) in [5.74, 6) is 0.757. The standard InChI is InChI=1S/C10H13N3S2/c1-10(6-11,13-8-2-3-8)7-15-9-12-4-5-14-9/h4-5,8,13H,2-3,7H2,1H3. The minimum absolute atomic E-state index is 0.419. The molecule has 0 radical (unpaired) electrons. The molecule has 0 bridgehead atoms. The molecule has 0 saturated heterocycles. The molecule has 0 aliphatic heterocycles. The molecule has 1 heterocycles. The summed E-state index contributed by atoms with van der Waals surface area (Å²) in [7, 11) is 0. The van der Waals surface area contributed by atoms with E-state index in [1.807, 2.05) is 12.3 Å². The van der Waals surface area contributed by atoms with E-state index in [0.717, 1.165) is 10.1 Å². The van der Waals surface area contributed by atoms with Crippen molar-refractivity contribution < 1.29 is 0 Å². The van der Waals surface area contributed by atoms with Gasteiger partial charge in [-0.15, -0.1) is 11.3 Å². The average Bonchev–Trinajstić information content (AvgIpc) is 2.88. The summed E-state index contributed by atoms with van der Waals surface area (Å²) >= 11 is 3.27. The molecule has 1 aromatic rings. The molecule has 1 fully saturated rings. The summed E-state index contributed by atoms with van der Waals surface area (Å²) in [5.41, 5.74) is -0.419. The van der Waals surface area contributed by atoms with E-state index in [9.17, 15) is 0 Å². The minimum atomic E-state index is -0.419. The topological polar surface area (TPSA) is 48.7 Å². The number of nitrogens with one attached hydrogen (secondary N) is 1. The molecule has 1 saturated carbocycles. The molecule has 1 aromatic heterocycles. The number of aromatic nitrogens is 1. The Kier molecular flexibility index (Phi) is 3.29. The van der Waals surface area contributed by atoms with Crippen LogP contribution < -0.4 is 5.32 Å². The van der Waals surface area contributed by atoms with Crippen LogP contribution in [0, 0.1) is 11.3 Å². The highest BCUT2D eigenvalue weighted by molar-refractivity contribution is 8.01. The Bertz CT molecular complexity index is 353. The van der Waals surface area contributed by atoms with Crippen LogP contribution in [0.5, 0.6) is 0 Å². The first-order valence-electron chi connectivity index (χ1n) is 4.93. The number of thioether (sulfide) groups is 1. The fourth-order valence-electron chi connectivity index (χ4n) is 1.27. The molecule has 1 atom stereocenters. The first-order valence-corrected chi connectivity index (χ1v) is 6.80. The van der Waals surface area contributed by atoms with Crippen LogP contribution in [0.3, 0.4) is 0 Å². The molecule has 15 heavy (non-hydrogen) atoms. The Morgan fingerprint density at radius 1 is 1.80 bits per heavy atom. The van der Waals surface area contributed by atoms with Crippen molar-refractivity contribution in [2.24, 2.45) is 0 Å². The molecule has 3 nitrogen and oxygen atoms in total. The maximum atomic E-state index is 9.15. The maximum Gasteiger partial charge on any atom is 0.149 e. The van der Waals surface area contributed by atoms with Gasteiger partial charge in [0.25, 0.3) is 0 Å². The van der Waals surface area contributed by atoms with Gasteiger partial charge in [0.05, 0.1) is 6.07 Å². The number of thiazole rings is 1. The normalized spacial score (nSPS) is 19.5. The average molecular weight is 239 g/mol. The summed E-state index contributed by atoms with van der Waals surface area (Å²) in [6, 6.07) is 2.92. The molecule has 1 aliphatic carbocycles. The van der Waals surface area contributed by atoms with Gasteiger partial charge in [0.15, 0.2) is 0 Å². The summed E-state index contributed by atoms with van der Waals surface area (Å²) < 4.78 is 1.04. The second-order valence-corrected chi connectivity index (χ2v) is 6.07. The molecule has 2 rings (SSSR count). The molecule has 1 unspecified atom stereocenters. The van der Waals surface area contributed by atoms with Gasteiger partial charge >= 0.3 is 0 Å². The summed E-state index contributed by atoms with van der Waals surface area (Å²) in [6.45, 7) is 1.96. The highest BCUT2D eigenvalue weighted by atomic mass is 32.2. The van der Waals surface area contributed by atoms with Gasteiger partial charge in [-0.2, -0.15) is 5.26 Å². The maximum absolute atomic E-state index is 9.15. The number of rotatable bonds is 5. The van der Waals surface area contributed by atoms with Crippen molar-refractivity contribution in [1.29, 1.82) is 5.26 Å². The Labute approximate surface area is 97.9 Å². The lowest BCUT2D eigenvalue weighted by Gasteiger charge is -2.21. The van der Waals surface area contributed by atoms with Crippen molar-refractivity contribution in [2.45, 2.75) is 35.7 Å². The minimum Gasteiger partial charge on any atom is -0.296 e. The lowest BCUT2D eigenvalue weighted by Crippen LogP contribution is -2.44. The predicted octanol–water partition coefficient (Wildman–Crippen LogP) is 2.27. The molecule has 1 N–H and O–H groups in total. The zero-order valence-electron chi connectivity index (χ0n) is 8.56. The first kappa shape index (κ1) is 10.9. The summed E-state index contributed by atoms with van der Waals surface area (Å²) in [6.07, 6.45) is 4.21. The van der Waals surface area contributed by atoms with E-state index in [4.69, 9.17) is 5.26 Å². The van der Waals surface area contributed by atoms with Gasteiger partial charge in [-0.1, -0.05) is 11.8 Å². The fraction of sp³-hybridized carbons (Fsp3) is 0.600. The zero-order chi connectivity index (χ0) is 10.7. The molecule has 5 heteroatoms. The molecular weight excluding hydrogens is 226 g/mol. The van der Waals surface area contributed by atoms with Crippen LogP contribution in [0.1, 0.15) is 19.8 Å². The Hall–Kier alpha value is -0.570. The molecular formula is C10H13N3S2. The number of nitriles is 1. The number of hydrogen-bond donors (Lipinski definition) is 1. The summed E-state index contributed by atoms with van der Waals surface area (Å²) in [5, 5.41) is 14.5. The van der Waals surface area contributed by atoms with Gasteiger partial charge in [0.2, 0.25) is 0 Å². The smallest absolute Gasteiger partial charge is 0.149 e. The van der Waals surface area contributed by atoms with Gasteiger partial charge in [0, 0.05) is 23.4 Å². The molecule has 1 aliphatic rings. The Morgan fingerprint density at radius 3 is 3.13 bits per heavy atom. The van der Waals surface area contributed by atoms with Gasteiger partial charge in [0.1, 0.15) is 9.88 Å². The van der Waals surface area contributed by atoms with E-state index >= 15 is 0 Å². The van der Waals surface area contributed by atoms with Crippen molar-refractivity contribution in [1.82, 2.24) is 10.3 Å². The molecule has 0 amide bonds. The van der Waals surface area contributed by atoms with Gasteiger partial charge in [-0.05, 0) is 19.8 Å². The Balaban J connectivity index is 1.87. The van der Waals surface area contributed by atoms with Crippen LogP contribution >= 0.6 is 23.1 Å². The lowest BCUT2D eigenvalue weighted by atomic mass is 10.1. The van der Waals surface area contributed by atoms with Gasteiger partial charge in [-0.3, -0.25) is 5.32 Å². The lowest BCUT2D eigenvalue weighted by molar-refractivity contribution is 0.490. The van der Waals surface area contributed by atoms with Crippen LogP contribution in [0.4, 0.5) is 0 Å². The third-order valence-electron chi connectivity index (χ3n) is 2.24. The van der Waals surface area contributed by atoms with Crippen LogP contribution in [-0.4, -0.2) is 22.3 Å². The second-order valence-electron chi connectivity index (χ2n) is 3.95. The van der Waals surface area contributed by atoms with Gasteiger partial charge < -0.3 is 0 Å². The van der Waals surface area contributed by atoms with E-state index < -0.39 is 5.54 Å². The largest absolute Gasteiger partial charge is 0.296 e. The zero-order valence-corrected chi connectivity index (χ0v) is 10.2. The van der Waals surface area contributed by atoms with Crippen LogP contribution in [0.15, 0.2) is 15.9 Å². The predicted molar refractivity (Wildman–Crippen MR) is 63.0 cm³/mol. The first-order chi connectivity index (χ1) is 7.22. The second kappa shape index (κ2) is 4.52. The van der Waals surface area contributed by atoms with E-state index in [2.05, 4.69) is 16.4 Å². The van der Waals surface area contributed by atoms with Crippen molar-refractivity contribution in [3.05, 3.63) is 11.6 Å². The summed E-state index contributed by atoms with van der Waals surface area (Å²) in [4.78, 5) is 4.19. The van der Waals surface area contributed by atoms with Crippen LogP contribution in [0.2, 0.25) is 0 Å². The van der Waals surface area contributed by atoms with E-state index in [1.165, 1.54) is 12.8 Å². The molecule has 0 aromatic carbocycles.